The van der Waals surface area contributed by atoms with Crippen molar-refractivity contribution in [2.24, 2.45) is 46.3 Å². The molecule has 0 aliphatic heterocycles. The van der Waals surface area contributed by atoms with Gasteiger partial charge < -0.3 is 30.4 Å². The number of carboxylic acids is 1. The fraction of sp³-hybridized carbons (Fsp3) is 0.909. The largest absolute Gasteiger partial charge is 0.479 e. The van der Waals surface area contributed by atoms with Gasteiger partial charge in [-0.3, -0.25) is 9.05 Å². The van der Waals surface area contributed by atoms with E-state index in [1.54, 1.807) is 0 Å². The van der Waals surface area contributed by atoms with Gasteiger partial charge in [-0.2, -0.15) is 0 Å². The normalized spacial score (nSPS) is 38.3. The van der Waals surface area contributed by atoms with Crippen molar-refractivity contribution < 1.29 is 48.8 Å². The van der Waals surface area contributed by atoms with Gasteiger partial charge in [0, 0.05) is 0 Å². The van der Waals surface area contributed by atoms with Crippen LogP contribution in [0.1, 0.15) is 105 Å². The lowest BCUT2D eigenvalue weighted by molar-refractivity contribution is -0.164. The number of rotatable bonds is 14. The minimum Gasteiger partial charge on any atom is -0.479 e. The Bertz CT molecular complexity index is 1080. The minimum absolute atomic E-state index is 0.0345. The van der Waals surface area contributed by atoms with Gasteiger partial charge in [0.05, 0.1) is 12.7 Å². The third kappa shape index (κ3) is 7.49. The average Bonchev–Trinajstić information content (AvgIpc) is 3.31. The highest BCUT2D eigenvalue weighted by Crippen LogP contribution is 2.67. The maximum atomic E-state index is 12.7. The van der Waals surface area contributed by atoms with Crippen molar-refractivity contribution in [3.63, 3.8) is 0 Å². The van der Waals surface area contributed by atoms with E-state index in [-0.39, 0.29) is 5.41 Å². The average molecular weight is 645 g/mol. The molecule has 8 unspecified atom stereocenters. The molecular weight excluding hydrogens is 587 g/mol. The summed E-state index contributed by atoms with van der Waals surface area (Å²) in [5.74, 6) is 2.55. The van der Waals surface area contributed by atoms with Gasteiger partial charge in [-0.15, -0.1) is 0 Å². The Hall–Kier alpha value is -0.840. The second-order valence-electron chi connectivity index (χ2n) is 15.4. The van der Waals surface area contributed by atoms with E-state index in [2.05, 4.69) is 40.7 Å². The van der Waals surface area contributed by atoms with Crippen molar-refractivity contribution in [1.82, 2.24) is 0 Å². The van der Waals surface area contributed by atoms with Crippen molar-refractivity contribution in [2.45, 2.75) is 136 Å². The van der Waals surface area contributed by atoms with Gasteiger partial charge >= 0.3 is 13.8 Å². The number of phosphoric acid groups is 1. The van der Waals surface area contributed by atoms with Crippen LogP contribution in [0.25, 0.3) is 0 Å². The molecule has 6 N–H and O–H groups in total. The molecule has 10 nitrogen and oxygen atoms in total. The molecule has 4 aliphatic carbocycles. The van der Waals surface area contributed by atoms with Crippen LogP contribution in [0.3, 0.4) is 0 Å². The number of phosphoric ester groups is 1. The van der Waals surface area contributed by atoms with Crippen molar-refractivity contribution in [3.8, 4) is 0 Å². The van der Waals surface area contributed by atoms with E-state index in [1.807, 2.05) is 0 Å². The van der Waals surface area contributed by atoms with Crippen LogP contribution in [-0.4, -0.2) is 73.5 Å². The van der Waals surface area contributed by atoms with Crippen LogP contribution in [0.5, 0.6) is 0 Å². The highest BCUT2D eigenvalue weighted by atomic mass is 31.2. The third-order valence-electron chi connectivity index (χ3n) is 12.3. The molecule has 0 aromatic carbocycles. The summed E-state index contributed by atoms with van der Waals surface area (Å²) in [5.41, 5.74) is 1.73. The number of fused-ring (bicyclic) bond motifs is 5. The molecule has 0 radical (unpaired) electrons. The van der Waals surface area contributed by atoms with Crippen LogP contribution in [0.2, 0.25) is 0 Å². The Kier molecular flexibility index (Phi) is 11.5. The fourth-order valence-corrected chi connectivity index (χ4v) is 10.7. The number of carboxylic acid groups (broad SMARTS) is 1. The van der Waals surface area contributed by atoms with Crippen LogP contribution in [-0.2, 0) is 18.4 Å². The Morgan fingerprint density at radius 2 is 1.70 bits per heavy atom. The Morgan fingerprint density at radius 1 is 1.00 bits per heavy atom. The van der Waals surface area contributed by atoms with E-state index < -0.39 is 50.9 Å². The summed E-state index contributed by atoms with van der Waals surface area (Å²) in [6, 6.07) is 0. The Balaban J connectivity index is 1.34. The summed E-state index contributed by atoms with van der Waals surface area (Å²) in [5, 5.41) is 47.8. The van der Waals surface area contributed by atoms with Crippen LogP contribution in [0, 0.1) is 46.3 Å². The Labute approximate surface area is 262 Å². The summed E-state index contributed by atoms with van der Waals surface area (Å²) < 4.78 is 23.1. The number of aliphatic carboxylic acids is 1. The molecule has 3 saturated carbocycles. The standard InChI is InChI=1S/C33H57O10P/c1-19(2)7-6-8-20(3)24-11-12-25-23-10-9-21-17-22(13-15-32(21,4)26(23)14-16-33(24,25)5)43-44(40,41)42-18-27(34)28(35)29(36)30(37)31(38)39/h9,19-20,22-30,34-37H,6-8,10-18H2,1-5H3,(H,38,39)(H,40,41)/t20-,22+,23?,24-,25?,26?,27?,28?,29?,30?,32+,33-/m1/s1. The van der Waals surface area contributed by atoms with Gasteiger partial charge in [0.2, 0.25) is 0 Å². The molecule has 13 atom stereocenters. The molecule has 4 aliphatic rings. The summed E-state index contributed by atoms with van der Waals surface area (Å²) in [4.78, 5) is 21.2. The molecule has 4 rings (SSSR count). The summed E-state index contributed by atoms with van der Waals surface area (Å²) in [7, 11) is -4.64. The van der Waals surface area contributed by atoms with E-state index in [0.717, 1.165) is 36.5 Å². The number of aliphatic hydroxyl groups excluding tert-OH is 4. The molecule has 0 spiro atoms. The summed E-state index contributed by atoms with van der Waals surface area (Å²) >= 11 is 0. The topological polar surface area (TPSA) is 174 Å². The molecule has 3 fully saturated rings. The van der Waals surface area contributed by atoms with Crippen LogP contribution < -0.4 is 0 Å². The summed E-state index contributed by atoms with van der Waals surface area (Å²) in [6.45, 7) is 11.2. The van der Waals surface area contributed by atoms with Gasteiger partial charge in [-0.1, -0.05) is 65.5 Å². The lowest BCUT2D eigenvalue weighted by atomic mass is 9.47. The van der Waals surface area contributed by atoms with E-state index in [9.17, 15) is 34.7 Å². The molecule has 0 aromatic rings. The fourth-order valence-electron chi connectivity index (χ4n) is 9.79. The van der Waals surface area contributed by atoms with Crippen molar-refractivity contribution in [2.75, 3.05) is 6.61 Å². The zero-order valence-corrected chi connectivity index (χ0v) is 28.1. The quantitative estimate of drug-likeness (QED) is 0.111. The first kappa shape index (κ1) is 36.0. The first-order valence-corrected chi connectivity index (χ1v) is 18.3. The zero-order valence-electron chi connectivity index (χ0n) is 27.2. The SMILES string of the molecule is CC(C)CCC[C@@H](C)[C@H]1CCC2C3CC=C4C[C@@H](OP(=O)(O)OCC(O)C(O)C(O)C(O)C(=O)O)CC[C@]4(C)C3CC[C@@]21C. The number of hydrogen-bond donors (Lipinski definition) is 6. The maximum absolute atomic E-state index is 12.7. The zero-order chi connectivity index (χ0) is 32.6. The lowest BCUT2D eigenvalue weighted by Crippen LogP contribution is -2.51. The molecular formula is C33H57O10P. The van der Waals surface area contributed by atoms with Gasteiger partial charge in [0.25, 0.3) is 0 Å². The highest BCUT2D eigenvalue weighted by Gasteiger charge is 2.59. The van der Waals surface area contributed by atoms with Crippen molar-refractivity contribution in [1.29, 1.82) is 0 Å². The molecule has 0 heterocycles. The predicted octanol–water partition coefficient (Wildman–Crippen LogP) is 5.06. The van der Waals surface area contributed by atoms with E-state index in [4.69, 9.17) is 14.2 Å². The van der Waals surface area contributed by atoms with Crippen molar-refractivity contribution >= 4 is 13.8 Å². The summed E-state index contributed by atoms with van der Waals surface area (Å²) in [6.07, 6.45) is 5.37. The van der Waals surface area contributed by atoms with Crippen LogP contribution in [0.4, 0.5) is 0 Å². The molecule has 254 valence electrons. The molecule has 44 heavy (non-hydrogen) atoms. The third-order valence-corrected chi connectivity index (χ3v) is 13.3. The molecule has 0 aromatic heterocycles. The van der Waals surface area contributed by atoms with E-state index >= 15 is 0 Å². The highest BCUT2D eigenvalue weighted by molar-refractivity contribution is 7.47. The molecule has 0 saturated heterocycles. The van der Waals surface area contributed by atoms with E-state index in [1.165, 1.54) is 50.5 Å². The lowest BCUT2D eigenvalue weighted by Gasteiger charge is -2.58. The predicted molar refractivity (Wildman–Crippen MR) is 165 cm³/mol. The first-order valence-electron chi connectivity index (χ1n) is 16.8. The number of aliphatic hydroxyl groups is 4. The van der Waals surface area contributed by atoms with Gasteiger partial charge in [-0.25, -0.2) is 9.36 Å². The number of hydrogen-bond acceptors (Lipinski definition) is 8. The number of carbonyl (C=O) groups is 1. The second-order valence-corrected chi connectivity index (χ2v) is 16.8. The monoisotopic (exact) mass is 644 g/mol. The first-order chi connectivity index (χ1) is 20.5. The maximum Gasteiger partial charge on any atom is 0.472 e. The minimum atomic E-state index is -4.64. The van der Waals surface area contributed by atoms with Crippen LogP contribution >= 0.6 is 7.82 Å². The van der Waals surface area contributed by atoms with Gasteiger partial charge in [0.1, 0.15) is 18.3 Å². The smallest absolute Gasteiger partial charge is 0.472 e. The molecule has 0 bridgehead atoms. The molecule has 0 amide bonds. The van der Waals surface area contributed by atoms with Crippen molar-refractivity contribution in [3.05, 3.63) is 11.6 Å². The van der Waals surface area contributed by atoms with E-state index in [0.29, 0.717) is 30.1 Å². The second kappa shape index (κ2) is 14.1. The van der Waals surface area contributed by atoms with Gasteiger partial charge in [-0.05, 0) is 97.7 Å². The Morgan fingerprint density at radius 3 is 2.36 bits per heavy atom. The van der Waals surface area contributed by atoms with Gasteiger partial charge in [0.15, 0.2) is 6.10 Å². The molecule has 11 heteroatoms. The number of allylic oxidation sites excluding steroid dienone is 1. The van der Waals surface area contributed by atoms with Crippen LogP contribution in [0.15, 0.2) is 11.6 Å².